The lowest BCUT2D eigenvalue weighted by molar-refractivity contribution is -0.129. The third-order valence-electron chi connectivity index (χ3n) is 8.87. The van der Waals surface area contributed by atoms with E-state index in [0.29, 0.717) is 19.4 Å². The number of unbranched alkanes of at least 4 members (excludes halogenated alkanes) is 1. The highest BCUT2D eigenvalue weighted by atomic mass is 19.1. The molecular weight excluding hydrogens is 548 g/mol. The molecule has 3 aliphatic rings. The summed E-state index contributed by atoms with van der Waals surface area (Å²) < 4.78 is 33.5. The molecule has 0 saturated carbocycles. The van der Waals surface area contributed by atoms with E-state index in [9.17, 15) is 13.6 Å². The van der Waals surface area contributed by atoms with E-state index in [1.54, 1.807) is 6.92 Å². The molecule has 3 saturated heterocycles. The molecule has 1 unspecified atom stereocenters. The van der Waals surface area contributed by atoms with Crippen LogP contribution in [0.2, 0.25) is 0 Å². The van der Waals surface area contributed by atoms with E-state index in [1.807, 2.05) is 4.90 Å². The Morgan fingerprint density at radius 3 is 2.51 bits per heavy atom. The average molecular weight is 594 g/mol. The number of halogens is 2. The molecule has 2 aromatic rings. The number of rotatable bonds is 9. The largest absolute Gasteiger partial charge is 0.487 e. The molecule has 3 fully saturated rings. The molecule has 1 N–H and O–H groups in total. The van der Waals surface area contributed by atoms with Crippen LogP contribution in [0.15, 0.2) is 53.7 Å². The number of pyridine rings is 1. The molecule has 0 radical (unpaired) electrons. The molecule has 0 spiro atoms. The fourth-order valence-electron chi connectivity index (χ4n) is 6.31. The predicted molar refractivity (Wildman–Crippen MR) is 167 cm³/mol. The predicted octanol–water partition coefficient (Wildman–Crippen LogP) is 6.13. The number of aromatic nitrogens is 1. The molecule has 7 nitrogen and oxygen atoms in total. The molecule has 0 aliphatic carbocycles. The first-order chi connectivity index (χ1) is 20.8. The zero-order valence-electron chi connectivity index (χ0n) is 25.7. The van der Waals surface area contributed by atoms with E-state index < -0.39 is 11.6 Å². The van der Waals surface area contributed by atoms with Crippen molar-refractivity contribution in [1.82, 2.24) is 20.1 Å². The first kappa shape index (κ1) is 30.8. The summed E-state index contributed by atoms with van der Waals surface area (Å²) in [7, 11) is 0. The van der Waals surface area contributed by atoms with Crippen LogP contribution in [0.5, 0.6) is 5.75 Å². The standard InChI is InChI=1S/C34H45F2N5O2/c1-4-5-9-26-14-19-41(25(3)42)23-31(26)38-34(30-10-8-11-33(37-30)40-17-6-7-18-40)24(2)39-20-15-28(16-21-39)43-32-13-12-27(35)22-29(32)36/h8-13,22,28,31,38H,4-7,14-21,23H2,1-3H3/b26-9+,34-24+. The third kappa shape index (κ3) is 7.67. The van der Waals surface area contributed by atoms with Gasteiger partial charge in [0.25, 0.3) is 0 Å². The molecule has 43 heavy (non-hydrogen) atoms. The van der Waals surface area contributed by atoms with E-state index in [-0.39, 0.29) is 23.8 Å². The number of carbonyl (C=O) groups is 1. The molecule has 232 valence electrons. The average Bonchev–Trinajstić information content (AvgIpc) is 3.56. The van der Waals surface area contributed by atoms with E-state index in [0.717, 1.165) is 81.0 Å². The molecule has 9 heteroatoms. The van der Waals surface area contributed by atoms with Crippen LogP contribution in [0.1, 0.15) is 71.4 Å². The fraction of sp³-hybridized carbons (Fsp3) is 0.529. The van der Waals surface area contributed by atoms with Crippen molar-refractivity contribution in [2.75, 3.05) is 44.2 Å². The smallest absolute Gasteiger partial charge is 0.219 e. The van der Waals surface area contributed by atoms with Crippen LogP contribution in [0.4, 0.5) is 14.6 Å². The number of anilines is 1. The highest BCUT2D eigenvalue weighted by Crippen LogP contribution is 2.29. The summed E-state index contributed by atoms with van der Waals surface area (Å²) in [4.78, 5) is 24.1. The van der Waals surface area contributed by atoms with E-state index in [2.05, 4.69) is 53.2 Å². The van der Waals surface area contributed by atoms with Gasteiger partial charge >= 0.3 is 0 Å². The number of hydrogen-bond acceptors (Lipinski definition) is 6. The van der Waals surface area contributed by atoms with Crippen molar-refractivity contribution in [3.63, 3.8) is 0 Å². The Morgan fingerprint density at radius 2 is 1.81 bits per heavy atom. The van der Waals surface area contributed by atoms with Crippen molar-refractivity contribution >= 4 is 17.4 Å². The highest BCUT2D eigenvalue weighted by molar-refractivity contribution is 5.74. The van der Waals surface area contributed by atoms with Crippen molar-refractivity contribution in [2.45, 2.75) is 77.9 Å². The van der Waals surface area contributed by atoms with Gasteiger partial charge in [-0.05, 0) is 62.4 Å². The topological polar surface area (TPSA) is 60.9 Å². The second-order valence-electron chi connectivity index (χ2n) is 11.9. The summed E-state index contributed by atoms with van der Waals surface area (Å²) in [6.45, 7) is 10.8. The Hall–Kier alpha value is -3.62. The van der Waals surface area contributed by atoms with Crippen LogP contribution in [0.25, 0.3) is 5.70 Å². The van der Waals surface area contributed by atoms with E-state index in [4.69, 9.17) is 9.72 Å². The number of amides is 1. The number of benzene rings is 1. The minimum Gasteiger partial charge on any atom is -0.487 e. The van der Waals surface area contributed by atoms with Crippen LogP contribution in [-0.4, -0.2) is 72.1 Å². The monoisotopic (exact) mass is 593 g/mol. The molecule has 1 aromatic heterocycles. The van der Waals surface area contributed by atoms with Gasteiger partial charge in [-0.1, -0.05) is 25.5 Å². The van der Waals surface area contributed by atoms with Gasteiger partial charge in [0.05, 0.1) is 17.4 Å². The van der Waals surface area contributed by atoms with Crippen molar-refractivity contribution < 1.29 is 18.3 Å². The van der Waals surface area contributed by atoms with Gasteiger partial charge in [-0.25, -0.2) is 13.8 Å². The number of carbonyl (C=O) groups excluding carboxylic acids is 1. The molecule has 0 bridgehead atoms. The van der Waals surface area contributed by atoms with E-state index in [1.165, 1.54) is 30.5 Å². The van der Waals surface area contributed by atoms with Gasteiger partial charge in [0.2, 0.25) is 5.91 Å². The van der Waals surface area contributed by atoms with Crippen LogP contribution in [-0.2, 0) is 4.79 Å². The number of ether oxygens (including phenoxy) is 1. The maximum absolute atomic E-state index is 14.2. The minimum absolute atomic E-state index is 0.00582. The lowest BCUT2D eigenvalue weighted by Gasteiger charge is -2.38. The first-order valence-electron chi connectivity index (χ1n) is 15.8. The highest BCUT2D eigenvalue weighted by Gasteiger charge is 2.29. The molecule has 4 heterocycles. The quantitative estimate of drug-likeness (QED) is 0.353. The van der Waals surface area contributed by atoms with Crippen LogP contribution in [0, 0.1) is 11.6 Å². The summed E-state index contributed by atoms with van der Waals surface area (Å²) in [6, 6.07) is 9.68. The maximum Gasteiger partial charge on any atom is 0.219 e. The van der Waals surface area contributed by atoms with Gasteiger partial charge in [-0.15, -0.1) is 0 Å². The first-order valence-corrected chi connectivity index (χ1v) is 15.8. The van der Waals surface area contributed by atoms with Gasteiger partial charge in [0.1, 0.15) is 17.7 Å². The van der Waals surface area contributed by atoms with Gasteiger partial charge in [-0.3, -0.25) is 4.79 Å². The zero-order chi connectivity index (χ0) is 30.3. The zero-order valence-corrected chi connectivity index (χ0v) is 25.7. The van der Waals surface area contributed by atoms with Crippen LogP contribution in [0.3, 0.4) is 0 Å². The summed E-state index contributed by atoms with van der Waals surface area (Å²) in [6.07, 6.45) is 8.92. The van der Waals surface area contributed by atoms with E-state index >= 15 is 0 Å². The Kier molecular flexibility index (Phi) is 10.2. The van der Waals surface area contributed by atoms with Crippen molar-refractivity contribution in [3.8, 4) is 5.75 Å². The second-order valence-corrected chi connectivity index (χ2v) is 11.9. The Morgan fingerprint density at radius 1 is 1.05 bits per heavy atom. The molecular formula is C34H45F2N5O2. The Labute approximate surface area is 254 Å². The van der Waals surface area contributed by atoms with Crippen molar-refractivity contribution in [2.24, 2.45) is 0 Å². The molecule has 1 amide bonds. The second kappa shape index (κ2) is 14.2. The number of allylic oxidation sites excluding steroid dienone is 2. The SMILES string of the molecule is CCC/C=C1\CCN(C(C)=O)CC1N/C(=C(\C)N1CCC(Oc2ccc(F)cc2F)CC1)c1cccc(N2CCCC2)n1. The number of nitrogens with one attached hydrogen (secondary N) is 1. The van der Waals surface area contributed by atoms with Crippen molar-refractivity contribution in [1.29, 1.82) is 0 Å². The van der Waals surface area contributed by atoms with Gasteiger partial charge in [-0.2, -0.15) is 0 Å². The van der Waals surface area contributed by atoms with Gasteiger partial charge in [0, 0.05) is 70.8 Å². The van der Waals surface area contributed by atoms with Gasteiger partial charge in [0.15, 0.2) is 11.6 Å². The van der Waals surface area contributed by atoms with Crippen LogP contribution < -0.4 is 15.0 Å². The minimum atomic E-state index is -0.673. The molecule has 5 rings (SSSR count). The Balaban J connectivity index is 1.41. The van der Waals surface area contributed by atoms with Crippen LogP contribution >= 0.6 is 0 Å². The maximum atomic E-state index is 14.2. The van der Waals surface area contributed by atoms with Crippen molar-refractivity contribution in [3.05, 3.63) is 71.1 Å². The number of piperidine rings is 2. The number of hydrogen-bond donors (Lipinski definition) is 1. The lowest BCUT2D eigenvalue weighted by atomic mass is 9.96. The molecule has 1 aromatic carbocycles. The molecule has 1 atom stereocenters. The number of nitrogens with zero attached hydrogens (tertiary/aromatic N) is 4. The summed E-state index contributed by atoms with van der Waals surface area (Å²) in [5, 5.41) is 3.87. The van der Waals surface area contributed by atoms with Gasteiger partial charge < -0.3 is 24.8 Å². The Bertz CT molecular complexity index is 1330. The summed E-state index contributed by atoms with van der Waals surface area (Å²) >= 11 is 0. The lowest BCUT2D eigenvalue weighted by Crippen LogP contribution is -2.49. The normalized spacial score (nSPS) is 21.3. The molecule has 3 aliphatic heterocycles. The third-order valence-corrected chi connectivity index (χ3v) is 8.87. The summed E-state index contributed by atoms with van der Waals surface area (Å²) in [5.41, 5.74) is 4.30. The number of likely N-dealkylation sites (tertiary alicyclic amines) is 2. The summed E-state index contributed by atoms with van der Waals surface area (Å²) in [5.74, 6) is -0.104. The fourth-order valence-corrected chi connectivity index (χ4v) is 6.31.